The Bertz CT molecular complexity index is 421. The van der Waals surface area contributed by atoms with Crippen LogP contribution in [-0.2, 0) is 0 Å². The van der Waals surface area contributed by atoms with Crippen molar-refractivity contribution in [3.05, 3.63) is 35.9 Å². The molecule has 1 aliphatic rings. The molecular formula is C16H25N3O. The van der Waals surface area contributed by atoms with E-state index in [0.29, 0.717) is 24.9 Å². The van der Waals surface area contributed by atoms with Crippen molar-refractivity contribution in [2.75, 3.05) is 26.2 Å². The van der Waals surface area contributed by atoms with Gasteiger partial charge in [-0.25, -0.2) is 4.79 Å². The van der Waals surface area contributed by atoms with E-state index in [9.17, 15) is 4.79 Å². The molecule has 1 heterocycles. The Labute approximate surface area is 121 Å². The number of urea groups is 1. The Morgan fingerprint density at radius 2 is 2.20 bits per heavy atom. The van der Waals surface area contributed by atoms with E-state index in [-0.39, 0.29) is 6.03 Å². The van der Waals surface area contributed by atoms with E-state index < -0.39 is 0 Å². The molecule has 2 atom stereocenters. The number of carbonyl (C=O) groups is 1. The highest BCUT2D eigenvalue weighted by atomic mass is 16.2. The van der Waals surface area contributed by atoms with E-state index in [1.807, 2.05) is 11.0 Å². The first-order chi connectivity index (χ1) is 9.72. The highest BCUT2D eigenvalue weighted by Gasteiger charge is 2.27. The first kappa shape index (κ1) is 14.9. The van der Waals surface area contributed by atoms with Crippen molar-refractivity contribution >= 4 is 6.03 Å². The van der Waals surface area contributed by atoms with Gasteiger partial charge in [0.1, 0.15) is 0 Å². The molecule has 20 heavy (non-hydrogen) atoms. The fourth-order valence-electron chi connectivity index (χ4n) is 2.92. The minimum Gasteiger partial charge on any atom is -0.337 e. The molecule has 0 spiro atoms. The van der Waals surface area contributed by atoms with Crippen LogP contribution in [-0.4, -0.2) is 37.1 Å². The lowest BCUT2D eigenvalue weighted by molar-refractivity contribution is 0.158. The molecular weight excluding hydrogens is 250 g/mol. The van der Waals surface area contributed by atoms with Crippen LogP contribution in [0.5, 0.6) is 0 Å². The second kappa shape index (κ2) is 7.29. The molecule has 0 radical (unpaired) electrons. The second-order valence-electron chi connectivity index (χ2n) is 5.57. The van der Waals surface area contributed by atoms with Gasteiger partial charge < -0.3 is 16.0 Å². The predicted octanol–water partition coefficient (Wildman–Crippen LogP) is 2.17. The third kappa shape index (κ3) is 3.73. The van der Waals surface area contributed by atoms with Crippen molar-refractivity contribution < 1.29 is 4.79 Å². The molecule has 2 amide bonds. The lowest BCUT2D eigenvalue weighted by atomic mass is 9.82. The zero-order valence-corrected chi connectivity index (χ0v) is 12.2. The van der Waals surface area contributed by atoms with Crippen LogP contribution in [0.25, 0.3) is 0 Å². The minimum atomic E-state index is 0.0282. The Kier molecular flexibility index (Phi) is 5.41. The Hall–Kier alpha value is -1.55. The van der Waals surface area contributed by atoms with Crippen LogP contribution in [0.2, 0.25) is 0 Å². The molecule has 1 saturated heterocycles. The van der Waals surface area contributed by atoms with Gasteiger partial charge >= 0.3 is 6.03 Å². The molecule has 1 aliphatic heterocycles. The molecule has 1 fully saturated rings. The Balaban J connectivity index is 1.94. The summed E-state index contributed by atoms with van der Waals surface area (Å²) in [4.78, 5) is 14.0. The number of rotatable bonds is 4. The number of nitrogens with zero attached hydrogens (tertiary/aromatic N) is 1. The highest BCUT2D eigenvalue weighted by Crippen LogP contribution is 2.31. The summed E-state index contributed by atoms with van der Waals surface area (Å²) in [6.07, 6.45) is 2.27. The number of piperidine rings is 1. The Morgan fingerprint density at radius 3 is 2.90 bits per heavy atom. The number of likely N-dealkylation sites (tertiary alicyclic amines) is 1. The molecule has 4 heteroatoms. The molecule has 0 aromatic heterocycles. The second-order valence-corrected chi connectivity index (χ2v) is 5.57. The van der Waals surface area contributed by atoms with E-state index in [4.69, 9.17) is 5.73 Å². The summed E-state index contributed by atoms with van der Waals surface area (Å²) in [5, 5.41) is 2.86. The predicted molar refractivity (Wildman–Crippen MR) is 81.6 cm³/mol. The first-order valence-electron chi connectivity index (χ1n) is 7.50. The number of benzene rings is 1. The van der Waals surface area contributed by atoms with Crippen LogP contribution in [0.4, 0.5) is 4.79 Å². The van der Waals surface area contributed by atoms with Crippen LogP contribution >= 0.6 is 0 Å². The fourth-order valence-corrected chi connectivity index (χ4v) is 2.92. The van der Waals surface area contributed by atoms with Gasteiger partial charge in [-0.15, -0.1) is 0 Å². The van der Waals surface area contributed by atoms with E-state index in [0.717, 1.165) is 19.5 Å². The third-order valence-electron chi connectivity index (χ3n) is 4.20. The number of amides is 2. The zero-order valence-electron chi connectivity index (χ0n) is 12.2. The molecule has 3 N–H and O–H groups in total. The molecule has 110 valence electrons. The number of hydrogen-bond donors (Lipinski definition) is 2. The first-order valence-corrected chi connectivity index (χ1v) is 7.50. The summed E-state index contributed by atoms with van der Waals surface area (Å²) in [5.74, 6) is 1.02. The number of carbonyl (C=O) groups excluding carboxylic acids is 1. The van der Waals surface area contributed by atoms with E-state index in [2.05, 4.69) is 36.5 Å². The topological polar surface area (TPSA) is 58.4 Å². The summed E-state index contributed by atoms with van der Waals surface area (Å²) in [6.45, 7) is 5.00. The van der Waals surface area contributed by atoms with Crippen molar-refractivity contribution in [2.24, 2.45) is 11.7 Å². The van der Waals surface area contributed by atoms with Gasteiger partial charge in [0, 0.05) is 26.2 Å². The average molecular weight is 275 g/mol. The van der Waals surface area contributed by atoms with Crippen LogP contribution in [0, 0.1) is 5.92 Å². The highest BCUT2D eigenvalue weighted by molar-refractivity contribution is 5.74. The van der Waals surface area contributed by atoms with E-state index in [1.54, 1.807) is 0 Å². The van der Waals surface area contributed by atoms with Gasteiger partial charge in [0.05, 0.1) is 0 Å². The molecule has 2 unspecified atom stereocenters. The summed E-state index contributed by atoms with van der Waals surface area (Å²) >= 11 is 0. The summed E-state index contributed by atoms with van der Waals surface area (Å²) < 4.78 is 0. The molecule has 1 aromatic carbocycles. The van der Waals surface area contributed by atoms with Crippen LogP contribution < -0.4 is 11.1 Å². The van der Waals surface area contributed by atoms with Gasteiger partial charge in [0.15, 0.2) is 0 Å². The van der Waals surface area contributed by atoms with Gasteiger partial charge in [0.25, 0.3) is 0 Å². The Morgan fingerprint density at radius 1 is 1.45 bits per heavy atom. The lowest BCUT2D eigenvalue weighted by Gasteiger charge is -2.36. The van der Waals surface area contributed by atoms with Gasteiger partial charge in [0.2, 0.25) is 0 Å². The van der Waals surface area contributed by atoms with Crippen molar-refractivity contribution in [1.82, 2.24) is 10.2 Å². The lowest BCUT2D eigenvalue weighted by Crippen LogP contribution is -2.47. The standard InChI is InChI=1S/C16H25N3O/c1-13(14-6-3-2-4-7-14)15-8-5-11-19(12-15)16(20)18-10-9-17/h2-4,6-7,13,15H,5,8-12,17H2,1H3,(H,18,20). The van der Waals surface area contributed by atoms with Gasteiger partial charge in [-0.2, -0.15) is 0 Å². The molecule has 1 aromatic rings. The summed E-state index contributed by atoms with van der Waals surface area (Å²) in [5.41, 5.74) is 6.79. The SMILES string of the molecule is CC(c1ccccc1)C1CCCN(C(=O)NCCN)C1. The van der Waals surface area contributed by atoms with Crippen LogP contribution in [0.3, 0.4) is 0 Å². The largest absolute Gasteiger partial charge is 0.337 e. The smallest absolute Gasteiger partial charge is 0.317 e. The summed E-state index contributed by atoms with van der Waals surface area (Å²) in [7, 11) is 0. The van der Waals surface area contributed by atoms with Crippen molar-refractivity contribution in [1.29, 1.82) is 0 Å². The zero-order chi connectivity index (χ0) is 14.4. The number of nitrogens with two attached hydrogens (primary N) is 1. The average Bonchev–Trinajstić information content (AvgIpc) is 2.52. The molecule has 0 bridgehead atoms. The van der Waals surface area contributed by atoms with Gasteiger partial charge in [-0.05, 0) is 30.2 Å². The summed E-state index contributed by atoms with van der Waals surface area (Å²) in [6, 6.07) is 10.6. The normalized spacial score (nSPS) is 20.5. The van der Waals surface area contributed by atoms with Crippen molar-refractivity contribution in [2.45, 2.75) is 25.7 Å². The van der Waals surface area contributed by atoms with Crippen LogP contribution in [0.15, 0.2) is 30.3 Å². The molecule has 0 saturated carbocycles. The third-order valence-corrected chi connectivity index (χ3v) is 4.20. The minimum absolute atomic E-state index is 0.0282. The van der Waals surface area contributed by atoms with E-state index in [1.165, 1.54) is 12.0 Å². The molecule has 0 aliphatic carbocycles. The maximum Gasteiger partial charge on any atom is 0.317 e. The number of hydrogen-bond acceptors (Lipinski definition) is 2. The van der Waals surface area contributed by atoms with E-state index >= 15 is 0 Å². The van der Waals surface area contributed by atoms with Gasteiger partial charge in [-0.3, -0.25) is 0 Å². The van der Waals surface area contributed by atoms with Gasteiger partial charge in [-0.1, -0.05) is 37.3 Å². The monoisotopic (exact) mass is 275 g/mol. The molecule has 4 nitrogen and oxygen atoms in total. The molecule has 2 rings (SSSR count). The van der Waals surface area contributed by atoms with Crippen molar-refractivity contribution in [3.8, 4) is 0 Å². The quantitative estimate of drug-likeness (QED) is 0.884. The van der Waals surface area contributed by atoms with Crippen molar-refractivity contribution in [3.63, 3.8) is 0 Å². The maximum atomic E-state index is 12.0. The fraction of sp³-hybridized carbons (Fsp3) is 0.562. The number of nitrogens with one attached hydrogen (secondary N) is 1. The maximum absolute atomic E-state index is 12.0. The van der Waals surface area contributed by atoms with Crippen LogP contribution in [0.1, 0.15) is 31.2 Å².